The van der Waals surface area contributed by atoms with Gasteiger partial charge in [0.1, 0.15) is 24.4 Å². The lowest BCUT2D eigenvalue weighted by Crippen LogP contribution is -2.52. The van der Waals surface area contributed by atoms with Crippen LogP contribution in [0.1, 0.15) is 18.1 Å². The quantitative estimate of drug-likeness (QED) is 0.591. The molecule has 0 bridgehead atoms. The molecule has 4 N–H and O–H groups in total. The van der Waals surface area contributed by atoms with Crippen LogP contribution in [0.25, 0.3) is 0 Å². The molecule has 0 aliphatic rings. The molecular formula is C21H25N3O5. The number of amides is 3. The monoisotopic (exact) mass is 399 g/mol. The topological polar surface area (TPSA) is 120 Å². The fourth-order valence-corrected chi connectivity index (χ4v) is 2.52. The zero-order valence-electron chi connectivity index (χ0n) is 16.4. The number of hydrogen-bond donors (Lipinski definition) is 3. The number of methoxy groups -OCH3 is 1. The molecular weight excluding hydrogens is 374 g/mol. The lowest BCUT2D eigenvalue weighted by atomic mass is 10.1. The van der Waals surface area contributed by atoms with E-state index in [1.165, 1.54) is 6.92 Å². The van der Waals surface area contributed by atoms with Gasteiger partial charge in [-0.1, -0.05) is 42.5 Å². The number of nitrogens with one attached hydrogen (secondary N) is 2. The first-order chi connectivity index (χ1) is 13.9. The highest BCUT2D eigenvalue weighted by Gasteiger charge is 2.23. The molecule has 2 atom stereocenters. The number of rotatable bonds is 9. The summed E-state index contributed by atoms with van der Waals surface area (Å²) in [6.07, 6.45) is -0.488. The average Bonchev–Trinajstić information content (AvgIpc) is 2.72. The summed E-state index contributed by atoms with van der Waals surface area (Å²) < 4.78 is 10.2. The van der Waals surface area contributed by atoms with E-state index in [1.54, 1.807) is 31.4 Å². The van der Waals surface area contributed by atoms with Crippen LogP contribution in [0, 0.1) is 0 Å². The van der Waals surface area contributed by atoms with Crippen molar-refractivity contribution in [1.29, 1.82) is 0 Å². The van der Waals surface area contributed by atoms with E-state index in [-0.39, 0.29) is 13.0 Å². The minimum Gasteiger partial charge on any atom is -0.497 e. The zero-order valence-corrected chi connectivity index (χ0v) is 16.4. The Morgan fingerprint density at radius 1 is 0.966 bits per heavy atom. The highest BCUT2D eigenvalue weighted by Crippen LogP contribution is 2.12. The van der Waals surface area contributed by atoms with Gasteiger partial charge in [0, 0.05) is 6.42 Å². The number of primary amides is 1. The predicted octanol–water partition coefficient (Wildman–Crippen LogP) is 1.52. The van der Waals surface area contributed by atoms with Gasteiger partial charge in [0.15, 0.2) is 0 Å². The molecule has 0 unspecified atom stereocenters. The normalized spacial score (nSPS) is 12.3. The Morgan fingerprint density at radius 2 is 1.62 bits per heavy atom. The standard InChI is InChI=1S/C21H25N3O5/c1-14(23-21(27)29-13-16-8-10-17(28-2)11-9-16)20(26)24-18(19(22)25)12-15-6-4-3-5-7-15/h3-11,14,18H,12-13H2,1-2H3,(H2,22,25)(H,23,27)(H,24,26)/t14-,18-/m0/s1. The van der Waals surface area contributed by atoms with E-state index in [1.807, 2.05) is 30.3 Å². The van der Waals surface area contributed by atoms with Crippen molar-refractivity contribution < 1.29 is 23.9 Å². The highest BCUT2D eigenvalue weighted by molar-refractivity contribution is 5.90. The molecule has 154 valence electrons. The molecule has 2 aromatic rings. The lowest BCUT2D eigenvalue weighted by Gasteiger charge is -2.19. The maximum absolute atomic E-state index is 12.3. The van der Waals surface area contributed by atoms with Gasteiger partial charge in [-0.2, -0.15) is 0 Å². The van der Waals surface area contributed by atoms with E-state index in [9.17, 15) is 14.4 Å². The Kier molecular flexibility index (Phi) is 8.02. The van der Waals surface area contributed by atoms with Crippen molar-refractivity contribution in [2.24, 2.45) is 5.73 Å². The van der Waals surface area contributed by atoms with Crippen LogP contribution < -0.4 is 21.1 Å². The van der Waals surface area contributed by atoms with Gasteiger partial charge < -0.3 is 25.8 Å². The average molecular weight is 399 g/mol. The second-order valence-corrected chi connectivity index (χ2v) is 6.44. The van der Waals surface area contributed by atoms with E-state index < -0.39 is 30.0 Å². The van der Waals surface area contributed by atoms with Gasteiger partial charge in [-0.25, -0.2) is 4.79 Å². The molecule has 8 heteroatoms. The van der Waals surface area contributed by atoms with Gasteiger partial charge >= 0.3 is 6.09 Å². The molecule has 3 amide bonds. The molecule has 2 rings (SSSR count). The van der Waals surface area contributed by atoms with Crippen LogP contribution in [0.15, 0.2) is 54.6 Å². The van der Waals surface area contributed by atoms with Crippen LogP contribution in [0.4, 0.5) is 4.79 Å². The van der Waals surface area contributed by atoms with Gasteiger partial charge in [-0.15, -0.1) is 0 Å². The second kappa shape index (κ2) is 10.7. The second-order valence-electron chi connectivity index (χ2n) is 6.44. The van der Waals surface area contributed by atoms with Crippen LogP contribution in [0.3, 0.4) is 0 Å². The van der Waals surface area contributed by atoms with Crippen LogP contribution in [-0.4, -0.2) is 37.1 Å². The first-order valence-corrected chi connectivity index (χ1v) is 9.09. The van der Waals surface area contributed by atoms with E-state index >= 15 is 0 Å². The van der Waals surface area contributed by atoms with Crippen molar-refractivity contribution >= 4 is 17.9 Å². The fraction of sp³-hybridized carbons (Fsp3) is 0.286. The molecule has 0 fully saturated rings. The van der Waals surface area contributed by atoms with E-state index in [0.717, 1.165) is 11.1 Å². The van der Waals surface area contributed by atoms with Crippen molar-refractivity contribution in [2.75, 3.05) is 7.11 Å². The van der Waals surface area contributed by atoms with Crippen molar-refractivity contribution in [3.05, 3.63) is 65.7 Å². The maximum atomic E-state index is 12.3. The Morgan fingerprint density at radius 3 is 2.21 bits per heavy atom. The Labute approximate surface area is 169 Å². The summed E-state index contributed by atoms with van der Waals surface area (Å²) in [7, 11) is 1.56. The lowest BCUT2D eigenvalue weighted by molar-refractivity contribution is -0.128. The molecule has 0 saturated carbocycles. The first kappa shape index (κ1) is 21.7. The van der Waals surface area contributed by atoms with Crippen molar-refractivity contribution in [2.45, 2.75) is 32.0 Å². The van der Waals surface area contributed by atoms with Gasteiger partial charge in [0.05, 0.1) is 7.11 Å². The molecule has 0 aliphatic carbocycles. The molecule has 0 aromatic heterocycles. The number of ether oxygens (including phenoxy) is 2. The Balaban J connectivity index is 1.82. The van der Waals surface area contributed by atoms with Crippen molar-refractivity contribution in [1.82, 2.24) is 10.6 Å². The summed E-state index contributed by atoms with van der Waals surface area (Å²) in [5, 5.41) is 4.99. The molecule has 0 heterocycles. The third kappa shape index (κ3) is 7.17. The fourth-order valence-electron chi connectivity index (χ4n) is 2.52. The molecule has 0 saturated heterocycles. The third-order valence-corrected chi connectivity index (χ3v) is 4.20. The Bertz CT molecular complexity index is 824. The number of carbonyl (C=O) groups excluding carboxylic acids is 3. The summed E-state index contributed by atoms with van der Waals surface area (Å²) in [5.41, 5.74) is 7.02. The van der Waals surface area contributed by atoms with Crippen LogP contribution >= 0.6 is 0 Å². The van der Waals surface area contributed by atoms with E-state index in [0.29, 0.717) is 5.75 Å². The summed E-state index contributed by atoms with van der Waals surface area (Å²) in [6.45, 7) is 1.53. The van der Waals surface area contributed by atoms with Crippen molar-refractivity contribution in [3.63, 3.8) is 0 Å². The smallest absolute Gasteiger partial charge is 0.408 e. The van der Waals surface area contributed by atoms with Crippen LogP contribution in [-0.2, 0) is 27.4 Å². The summed E-state index contributed by atoms with van der Waals surface area (Å²) in [5.74, 6) is -0.495. The molecule has 29 heavy (non-hydrogen) atoms. The van der Waals surface area contributed by atoms with Crippen molar-refractivity contribution in [3.8, 4) is 5.75 Å². The highest BCUT2D eigenvalue weighted by atomic mass is 16.5. The molecule has 0 spiro atoms. The largest absolute Gasteiger partial charge is 0.497 e. The molecule has 0 radical (unpaired) electrons. The molecule has 0 aliphatic heterocycles. The maximum Gasteiger partial charge on any atom is 0.408 e. The number of benzene rings is 2. The first-order valence-electron chi connectivity index (χ1n) is 9.09. The zero-order chi connectivity index (χ0) is 21.2. The summed E-state index contributed by atoms with van der Waals surface area (Å²) >= 11 is 0. The van der Waals surface area contributed by atoms with Gasteiger partial charge in [0.2, 0.25) is 11.8 Å². The molecule has 2 aromatic carbocycles. The third-order valence-electron chi connectivity index (χ3n) is 4.20. The molecule has 8 nitrogen and oxygen atoms in total. The van der Waals surface area contributed by atoms with Gasteiger partial charge in [-0.3, -0.25) is 9.59 Å². The van der Waals surface area contributed by atoms with Gasteiger partial charge in [-0.05, 0) is 30.2 Å². The van der Waals surface area contributed by atoms with E-state index in [4.69, 9.17) is 15.2 Å². The van der Waals surface area contributed by atoms with Crippen LogP contribution in [0.5, 0.6) is 5.75 Å². The number of alkyl carbamates (subject to hydrolysis) is 1. The number of hydrogen-bond acceptors (Lipinski definition) is 5. The van der Waals surface area contributed by atoms with Gasteiger partial charge in [0.25, 0.3) is 0 Å². The minimum absolute atomic E-state index is 0.0437. The number of carbonyl (C=O) groups is 3. The predicted molar refractivity (Wildman–Crippen MR) is 107 cm³/mol. The van der Waals surface area contributed by atoms with Crippen LogP contribution in [0.2, 0.25) is 0 Å². The SMILES string of the molecule is COc1ccc(COC(=O)N[C@@H](C)C(=O)N[C@@H](Cc2ccccc2)C(N)=O)cc1. The van der Waals surface area contributed by atoms with E-state index in [2.05, 4.69) is 10.6 Å². The Hall–Kier alpha value is -3.55. The summed E-state index contributed by atoms with van der Waals surface area (Å²) in [6, 6.07) is 14.4. The summed E-state index contributed by atoms with van der Waals surface area (Å²) in [4.78, 5) is 35.9. The minimum atomic E-state index is -0.906. The number of nitrogens with two attached hydrogens (primary N) is 1.